The fourth-order valence-corrected chi connectivity index (χ4v) is 6.13. The highest BCUT2D eigenvalue weighted by Gasteiger charge is 2.47. The Morgan fingerprint density at radius 3 is 2.77 bits per heavy atom. The van der Waals surface area contributed by atoms with Gasteiger partial charge < -0.3 is 24.1 Å². The van der Waals surface area contributed by atoms with Gasteiger partial charge in [0.1, 0.15) is 6.10 Å². The van der Waals surface area contributed by atoms with E-state index in [0.29, 0.717) is 11.8 Å². The van der Waals surface area contributed by atoms with E-state index in [-0.39, 0.29) is 42.7 Å². The van der Waals surface area contributed by atoms with Crippen LogP contribution >= 0.6 is 0 Å². The molecule has 5 heteroatoms. The summed E-state index contributed by atoms with van der Waals surface area (Å²) < 4.78 is 24.8. The van der Waals surface area contributed by atoms with E-state index in [0.717, 1.165) is 77.4 Å². The lowest BCUT2D eigenvalue weighted by molar-refractivity contribution is -0.199. The van der Waals surface area contributed by atoms with E-state index in [9.17, 15) is 5.11 Å². The zero-order valence-corrected chi connectivity index (χ0v) is 21.9. The Morgan fingerprint density at radius 2 is 2.03 bits per heavy atom. The Labute approximate surface area is 212 Å². The van der Waals surface area contributed by atoms with E-state index < -0.39 is 0 Å². The lowest BCUT2D eigenvalue weighted by Crippen LogP contribution is -2.35. The lowest BCUT2D eigenvalue weighted by atomic mass is 9.84. The summed E-state index contributed by atoms with van der Waals surface area (Å²) in [4.78, 5) is 0. The Balaban J connectivity index is 1.49. The summed E-state index contributed by atoms with van der Waals surface area (Å²) in [5, 5.41) is 9.41. The van der Waals surface area contributed by atoms with Crippen LogP contribution in [0.25, 0.3) is 0 Å². The second-order valence-corrected chi connectivity index (χ2v) is 11.4. The van der Waals surface area contributed by atoms with Crippen molar-refractivity contribution in [1.29, 1.82) is 0 Å². The number of fused-ring (bicyclic) bond motifs is 1. The van der Waals surface area contributed by atoms with E-state index >= 15 is 0 Å². The number of hydrogen-bond acceptors (Lipinski definition) is 5. The molecule has 0 spiro atoms. The van der Waals surface area contributed by atoms with E-state index in [4.69, 9.17) is 18.9 Å². The van der Waals surface area contributed by atoms with Gasteiger partial charge in [-0.2, -0.15) is 0 Å². The van der Waals surface area contributed by atoms with Gasteiger partial charge in [0, 0.05) is 19.4 Å². The second kappa shape index (κ2) is 12.8. The molecule has 2 saturated heterocycles. The SMILES string of the molecule is CC#CCC[C@@H](C#C[C@@H]1[C@H]2C/C(=C/CO)C[C@H]2C[C@H]1OC1CCCCO1)OC1CC(C)(C)CCO1. The maximum Gasteiger partial charge on any atom is 0.159 e. The number of hydrogen-bond donors (Lipinski definition) is 1. The topological polar surface area (TPSA) is 57.2 Å². The molecule has 2 aliphatic carbocycles. The third-order valence-corrected chi connectivity index (χ3v) is 8.11. The van der Waals surface area contributed by atoms with Gasteiger partial charge in [-0.1, -0.05) is 37.3 Å². The molecule has 35 heavy (non-hydrogen) atoms. The normalized spacial score (nSPS) is 36.1. The first-order valence-electron chi connectivity index (χ1n) is 13.7. The molecule has 0 amide bonds. The lowest BCUT2D eigenvalue weighted by Gasteiger charge is -2.36. The highest BCUT2D eigenvalue weighted by molar-refractivity contribution is 5.22. The second-order valence-electron chi connectivity index (χ2n) is 11.4. The summed E-state index contributed by atoms with van der Waals surface area (Å²) in [7, 11) is 0. The van der Waals surface area contributed by atoms with Crippen molar-refractivity contribution in [2.45, 2.75) is 110 Å². The van der Waals surface area contributed by atoms with Crippen LogP contribution in [0.1, 0.15) is 85.0 Å². The predicted molar refractivity (Wildman–Crippen MR) is 136 cm³/mol. The van der Waals surface area contributed by atoms with Crippen LogP contribution in [-0.2, 0) is 18.9 Å². The number of ether oxygens (including phenoxy) is 4. The van der Waals surface area contributed by atoms with Gasteiger partial charge in [0.2, 0.25) is 0 Å². The third kappa shape index (κ3) is 7.58. The molecule has 194 valence electrons. The minimum atomic E-state index is -0.211. The van der Waals surface area contributed by atoms with Crippen molar-refractivity contribution in [2.75, 3.05) is 19.8 Å². The van der Waals surface area contributed by atoms with E-state index in [1.165, 1.54) is 5.57 Å². The summed E-state index contributed by atoms with van der Waals surface area (Å²) in [5.74, 6) is 14.5. The average Bonchev–Trinajstić information content (AvgIpc) is 3.35. The minimum Gasteiger partial charge on any atom is -0.392 e. The minimum absolute atomic E-state index is 0.0947. The molecule has 0 aromatic carbocycles. The number of aliphatic hydroxyl groups is 1. The molecule has 2 heterocycles. The van der Waals surface area contributed by atoms with E-state index in [2.05, 4.69) is 37.5 Å². The van der Waals surface area contributed by atoms with Crippen LogP contribution in [0.3, 0.4) is 0 Å². The predicted octanol–water partition coefficient (Wildman–Crippen LogP) is 5.22. The first-order chi connectivity index (χ1) is 17.0. The number of rotatable bonds is 7. The summed E-state index contributed by atoms with van der Waals surface area (Å²) in [6.45, 7) is 8.07. The quantitative estimate of drug-likeness (QED) is 0.397. The van der Waals surface area contributed by atoms with E-state index in [1.807, 2.05) is 13.0 Å². The molecule has 0 aromatic heterocycles. The van der Waals surface area contributed by atoms with Gasteiger partial charge in [0.25, 0.3) is 0 Å². The summed E-state index contributed by atoms with van der Waals surface area (Å²) in [6.07, 6.45) is 11.4. The molecule has 4 rings (SSSR count). The van der Waals surface area contributed by atoms with E-state index in [1.54, 1.807) is 0 Å². The molecule has 2 unspecified atom stereocenters. The molecular formula is C30H44O5. The summed E-state index contributed by atoms with van der Waals surface area (Å²) in [6, 6.07) is 0. The molecule has 4 fully saturated rings. The number of allylic oxidation sites excluding steroid dienone is 1. The average molecular weight is 485 g/mol. The summed E-state index contributed by atoms with van der Waals surface area (Å²) >= 11 is 0. The molecule has 7 atom stereocenters. The standard InChI is InChI=1S/C30H44O5/c1-4-5-6-9-24(34-29-21-30(2,3)14-17-33-29)11-12-25-26-19-22(13-15-31)18-23(26)20-27(25)35-28-10-7-8-16-32-28/h13,23-29,31H,6-10,14-21H2,1-3H3/b22-13+/t23-,24-,25+,26-,27+,28?,29?/m0/s1. The fraction of sp³-hybridized carbons (Fsp3) is 0.800. The van der Waals surface area contributed by atoms with Crippen LogP contribution in [0.2, 0.25) is 0 Å². The largest absolute Gasteiger partial charge is 0.392 e. The first-order valence-corrected chi connectivity index (χ1v) is 13.7. The zero-order valence-electron chi connectivity index (χ0n) is 21.9. The third-order valence-electron chi connectivity index (χ3n) is 8.11. The monoisotopic (exact) mass is 484 g/mol. The van der Waals surface area contributed by atoms with Crippen LogP contribution in [0, 0.1) is 46.9 Å². The Hall–Kier alpha value is -1.34. The Morgan fingerprint density at radius 1 is 1.17 bits per heavy atom. The molecule has 0 aromatic rings. The molecule has 2 aliphatic heterocycles. The molecular weight excluding hydrogens is 440 g/mol. The fourth-order valence-electron chi connectivity index (χ4n) is 6.13. The molecule has 4 aliphatic rings. The molecule has 2 saturated carbocycles. The van der Waals surface area contributed by atoms with Crippen molar-refractivity contribution in [1.82, 2.24) is 0 Å². The van der Waals surface area contributed by atoms with Crippen molar-refractivity contribution in [3.05, 3.63) is 11.6 Å². The van der Waals surface area contributed by atoms with Gasteiger partial charge in [0.15, 0.2) is 12.6 Å². The molecule has 0 bridgehead atoms. The Kier molecular flexibility index (Phi) is 9.74. The first kappa shape index (κ1) is 26.7. The Bertz CT molecular complexity index is 834. The van der Waals surface area contributed by atoms with Gasteiger partial charge in [-0.15, -0.1) is 11.8 Å². The maximum absolute atomic E-state index is 9.41. The molecule has 5 nitrogen and oxygen atoms in total. The zero-order chi connectivity index (χ0) is 24.7. The van der Waals surface area contributed by atoms with Crippen LogP contribution < -0.4 is 0 Å². The van der Waals surface area contributed by atoms with Crippen molar-refractivity contribution in [3.63, 3.8) is 0 Å². The van der Waals surface area contributed by atoms with Crippen molar-refractivity contribution in [2.24, 2.45) is 23.2 Å². The van der Waals surface area contributed by atoms with Gasteiger partial charge in [0.05, 0.1) is 25.2 Å². The maximum atomic E-state index is 9.41. The van der Waals surface area contributed by atoms with Crippen molar-refractivity contribution >= 4 is 0 Å². The molecule has 1 N–H and O–H groups in total. The van der Waals surface area contributed by atoms with Gasteiger partial charge >= 0.3 is 0 Å². The van der Waals surface area contributed by atoms with Gasteiger partial charge in [-0.3, -0.25) is 0 Å². The summed E-state index contributed by atoms with van der Waals surface area (Å²) in [5.41, 5.74) is 1.59. The highest BCUT2D eigenvalue weighted by Crippen LogP contribution is 2.51. The highest BCUT2D eigenvalue weighted by atomic mass is 16.7. The molecule has 0 radical (unpaired) electrons. The van der Waals surface area contributed by atoms with Crippen molar-refractivity contribution < 1.29 is 24.1 Å². The van der Waals surface area contributed by atoms with Gasteiger partial charge in [-0.25, -0.2) is 0 Å². The van der Waals surface area contributed by atoms with Crippen LogP contribution in [0.4, 0.5) is 0 Å². The smallest absolute Gasteiger partial charge is 0.159 e. The van der Waals surface area contributed by atoms with Crippen LogP contribution in [0.15, 0.2) is 11.6 Å². The van der Waals surface area contributed by atoms with Crippen LogP contribution in [-0.4, -0.2) is 49.7 Å². The number of aliphatic hydroxyl groups excluding tert-OH is 1. The van der Waals surface area contributed by atoms with Gasteiger partial charge in [-0.05, 0) is 75.5 Å². The van der Waals surface area contributed by atoms with Crippen molar-refractivity contribution in [3.8, 4) is 23.7 Å². The van der Waals surface area contributed by atoms with Crippen LogP contribution in [0.5, 0.6) is 0 Å².